The number of hydrogen-bond donors (Lipinski definition) is 0. The van der Waals surface area contributed by atoms with E-state index in [0.29, 0.717) is 0 Å². The molecule has 0 saturated heterocycles. The molecule has 0 radical (unpaired) electrons. The largest absolute Gasteiger partial charge is 0.444 e. The van der Waals surface area contributed by atoms with Gasteiger partial charge in [0.2, 0.25) is 0 Å². The molecular formula is C10H18N2O. The average Bonchev–Trinajstić information content (AvgIpc) is 2.32. The van der Waals surface area contributed by atoms with Gasteiger partial charge in [0.05, 0.1) is 12.7 Å². The summed E-state index contributed by atoms with van der Waals surface area (Å²) in [6.07, 6.45) is 1.81. The fourth-order valence-corrected chi connectivity index (χ4v) is 1.04. The molecule has 1 aromatic heterocycles. The van der Waals surface area contributed by atoms with E-state index in [1.165, 1.54) is 0 Å². The monoisotopic (exact) mass is 182 g/mol. The van der Waals surface area contributed by atoms with Crippen LogP contribution in [0.2, 0.25) is 0 Å². The van der Waals surface area contributed by atoms with Crippen LogP contribution in [0.15, 0.2) is 10.6 Å². The summed E-state index contributed by atoms with van der Waals surface area (Å²) in [5.41, 5.74) is 0.00453. The van der Waals surface area contributed by atoms with Crippen LogP contribution in [0.25, 0.3) is 0 Å². The molecule has 0 N–H and O–H groups in total. The normalized spacial score (nSPS) is 12.5. The van der Waals surface area contributed by atoms with Gasteiger partial charge >= 0.3 is 0 Å². The molecule has 1 heterocycles. The molecule has 3 heteroatoms. The fraction of sp³-hybridized carbons (Fsp3) is 0.700. The fourth-order valence-electron chi connectivity index (χ4n) is 1.04. The Morgan fingerprint density at radius 3 is 2.38 bits per heavy atom. The summed E-state index contributed by atoms with van der Waals surface area (Å²) in [5.74, 6) is 1.74. The molecule has 3 nitrogen and oxygen atoms in total. The summed E-state index contributed by atoms with van der Waals surface area (Å²) in [6, 6.07) is 0. The van der Waals surface area contributed by atoms with Gasteiger partial charge in [0, 0.05) is 5.41 Å². The second kappa shape index (κ2) is 3.50. The van der Waals surface area contributed by atoms with Gasteiger partial charge in [-0.2, -0.15) is 0 Å². The van der Waals surface area contributed by atoms with E-state index in [1.807, 2.05) is 14.1 Å². The van der Waals surface area contributed by atoms with Crippen molar-refractivity contribution in [3.8, 4) is 0 Å². The molecule has 1 aromatic rings. The van der Waals surface area contributed by atoms with Gasteiger partial charge in [0.1, 0.15) is 5.76 Å². The van der Waals surface area contributed by atoms with Crippen LogP contribution in [0.4, 0.5) is 0 Å². The van der Waals surface area contributed by atoms with Crippen molar-refractivity contribution in [3.05, 3.63) is 17.8 Å². The molecule has 0 amide bonds. The maximum atomic E-state index is 5.61. The van der Waals surface area contributed by atoms with Crippen LogP contribution in [-0.2, 0) is 12.0 Å². The van der Waals surface area contributed by atoms with E-state index in [4.69, 9.17) is 4.42 Å². The lowest BCUT2D eigenvalue weighted by atomic mass is 9.97. The minimum atomic E-state index is 0.00453. The zero-order chi connectivity index (χ0) is 10.1. The lowest BCUT2D eigenvalue weighted by Gasteiger charge is -2.12. The van der Waals surface area contributed by atoms with Crippen LogP contribution in [-0.4, -0.2) is 24.0 Å². The van der Waals surface area contributed by atoms with Crippen LogP contribution >= 0.6 is 0 Å². The molecule has 0 fully saturated rings. The van der Waals surface area contributed by atoms with Crippen LogP contribution in [0.1, 0.15) is 32.4 Å². The first kappa shape index (κ1) is 10.3. The molecule has 0 atom stereocenters. The van der Waals surface area contributed by atoms with Gasteiger partial charge in [-0.05, 0) is 14.1 Å². The average molecular weight is 182 g/mol. The number of aromatic nitrogens is 1. The molecule has 0 aliphatic carbocycles. The van der Waals surface area contributed by atoms with Crippen LogP contribution in [0.3, 0.4) is 0 Å². The highest BCUT2D eigenvalue weighted by molar-refractivity contribution is 5.02. The van der Waals surface area contributed by atoms with E-state index < -0.39 is 0 Å². The van der Waals surface area contributed by atoms with Gasteiger partial charge in [-0.25, -0.2) is 4.98 Å². The maximum absolute atomic E-state index is 5.61. The Bertz CT molecular complexity index is 271. The van der Waals surface area contributed by atoms with Gasteiger partial charge < -0.3 is 9.32 Å². The minimum absolute atomic E-state index is 0.00453. The summed E-state index contributed by atoms with van der Waals surface area (Å²) >= 11 is 0. The summed E-state index contributed by atoms with van der Waals surface area (Å²) in [4.78, 5) is 6.31. The van der Waals surface area contributed by atoms with Gasteiger partial charge in [-0.1, -0.05) is 20.8 Å². The van der Waals surface area contributed by atoms with E-state index in [2.05, 4.69) is 30.7 Å². The second-order valence-electron chi connectivity index (χ2n) is 4.62. The Morgan fingerprint density at radius 2 is 2.00 bits per heavy atom. The molecule has 74 valence electrons. The Labute approximate surface area is 79.8 Å². The molecule has 0 aliphatic rings. The molecule has 1 rings (SSSR count). The lowest BCUT2D eigenvalue weighted by Crippen LogP contribution is -2.12. The Morgan fingerprint density at radius 1 is 1.38 bits per heavy atom. The van der Waals surface area contributed by atoms with Gasteiger partial charge in [0.15, 0.2) is 5.89 Å². The van der Waals surface area contributed by atoms with Crippen molar-refractivity contribution in [2.24, 2.45) is 0 Å². The first-order valence-electron chi connectivity index (χ1n) is 4.49. The molecule has 0 spiro atoms. The molecule has 0 bridgehead atoms. The van der Waals surface area contributed by atoms with E-state index in [9.17, 15) is 0 Å². The van der Waals surface area contributed by atoms with Crippen molar-refractivity contribution in [1.29, 1.82) is 0 Å². The molecule has 0 aromatic carbocycles. The van der Waals surface area contributed by atoms with Gasteiger partial charge in [0.25, 0.3) is 0 Å². The first-order chi connectivity index (χ1) is 5.89. The summed E-state index contributed by atoms with van der Waals surface area (Å²) in [5, 5.41) is 0. The Balaban J connectivity index is 2.75. The Hall–Kier alpha value is -0.830. The van der Waals surface area contributed by atoms with Crippen molar-refractivity contribution in [1.82, 2.24) is 9.88 Å². The molecule has 13 heavy (non-hydrogen) atoms. The molecule has 0 aliphatic heterocycles. The van der Waals surface area contributed by atoms with Crippen molar-refractivity contribution in [3.63, 3.8) is 0 Å². The molecular weight excluding hydrogens is 164 g/mol. The highest BCUT2D eigenvalue weighted by Crippen LogP contribution is 2.21. The van der Waals surface area contributed by atoms with Gasteiger partial charge in [-0.3, -0.25) is 0 Å². The highest BCUT2D eigenvalue weighted by Gasteiger charge is 2.19. The van der Waals surface area contributed by atoms with E-state index >= 15 is 0 Å². The van der Waals surface area contributed by atoms with E-state index in [0.717, 1.165) is 18.2 Å². The maximum Gasteiger partial charge on any atom is 0.199 e. The predicted octanol–water partition coefficient (Wildman–Crippen LogP) is 2.03. The van der Waals surface area contributed by atoms with E-state index in [-0.39, 0.29) is 5.41 Å². The summed E-state index contributed by atoms with van der Waals surface area (Å²) in [7, 11) is 4.03. The topological polar surface area (TPSA) is 29.3 Å². The number of nitrogens with zero attached hydrogens (tertiary/aromatic N) is 2. The third-order valence-corrected chi connectivity index (χ3v) is 1.67. The van der Waals surface area contributed by atoms with Crippen LogP contribution in [0, 0.1) is 0 Å². The van der Waals surface area contributed by atoms with Gasteiger partial charge in [-0.15, -0.1) is 0 Å². The predicted molar refractivity (Wildman–Crippen MR) is 52.6 cm³/mol. The quantitative estimate of drug-likeness (QED) is 0.701. The first-order valence-corrected chi connectivity index (χ1v) is 4.49. The minimum Gasteiger partial charge on any atom is -0.444 e. The zero-order valence-electron chi connectivity index (χ0n) is 9.09. The smallest absolute Gasteiger partial charge is 0.199 e. The third-order valence-electron chi connectivity index (χ3n) is 1.67. The van der Waals surface area contributed by atoms with Crippen LogP contribution < -0.4 is 0 Å². The van der Waals surface area contributed by atoms with E-state index in [1.54, 1.807) is 6.20 Å². The molecule has 0 unspecified atom stereocenters. The SMILES string of the molecule is CN(C)Cc1cnc(C(C)(C)C)o1. The standard InChI is InChI=1S/C10H18N2O/c1-10(2,3)9-11-6-8(13-9)7-12(4)5/h6H,7H2,1-5H3. The van der Waals surface area contributed by atoms with Crippen LogP contribution in [0.5, 0.6) is 0 Å². The lowest BCUT2D eigenvalue weighted by molar-refractivity contribution is 0.317. The van der Waals surface area contributed by atoms with Crippen molar-refractivity contribution >= 4 is 0 Å². The number of hydrogen-bond acceptors (Lipinski definition) is 3. The number of rotatable bonds is 2. The zero-order valence-corrected chi connectivity index (χ0v) is 9.09. The molecule has 0 saturated carbocycles. The summed E-state index contributed by atoms with van der Waals surface area (Å²) < 4.78 is 5.61. The van der Waals surface area contributed by atoms with Crippen molar-refractivity contribution in [2.45, 2.75) is 32.7 Å². The second-order valence-corrected chi connectivity index (χ2v) is 4.62. The Kier molecular flexibility index (Phi) is 2.76. The third kappa shape index (κ3) is 2.84. The van der Waals surface area contributed by atoms with Crippen molar-refractivity contribution in [2.75, 3.05) is 14.1 Å². The summed E-state index contributed by atoms with van der Waals surface area (Å²) in [6.45, 7) is 7.10. The van der Waals surface area contributed by atoms with Crippen molar-refractivity contribution < 1.29 is 4.42 Å². The highest BCUT2D eigenvalue weighted by atomic mass is 16.4. The number of oxazole rings is 1.